The van der Waals surface area contributed by atoms with Gasteiger partial charge in [-0.25, -0.2) is 9.59 Å². The van der Waals surface area contributed by atoms with Crippen LogP contribution in [0.2, 0.25) is 0 Å². The van der Waals surface area contributed by atoms with Gasteiger partial charge in [-0.1, -0.05) is 0 Å². The molecule has 0 aliphatic rings. The van der Waals surface area contributed by atoms with E-state index < -0.39 is 44.5 Å². The Morgan fingerprint density at radius 1 is 0.692 bits per heavy atom. The SMILES string of the molecule is O=C(O)O.O=C(O)O.O=S(OS(=O)(=O)O)OS(=O)(=O)O.[H-].[H-].[H-].[H-].[Na+].[Na+].[Na+].[Na+].[Zn].[Zn]. The molecule has 0 radical (unpaired) electrons. The van der Waals surface area contributed by atoms with Crippen LogP contribution in [0.15, 0.2) is 0 Å². The van der Waals surface area contributed by atoms with E-state index in [0.717, 1.165) is 0 Å². The Kier molecular flexibility index (Phi) is 67.8. The van der Waals surface area contributed by atoms with Gasteiger partial charge in [-0.2, -0.15) is 21.0 Å². The Morgan fingerprint density at radius 3 is 0.885 bits per heavy atom. The normalized spacial score (nSPS) is 8.12. The summed E-state index contributed by atoms with van der Waals surface area (Å²) in [7, 11) is -10.2. The van der Waals surface area contributed by atoms with Crippen molar-refractivity contribution >= 4 is 44.5 Å². The molecule has 0 fully saturated rings. The summed E-state index contributed by atoms with van der Waals surface area (Å²) in [5.41, 5.74) is 0. The molecule has 15 nitrogen and oxygen atoms in total. The first kappa shape index (κ1) is 57.1. The molecule has 0 saturated heterocycles. The zero-order chi connectivity index (χ0) is 17.1. The van der Waals surface area contributed by atoms with Gasteiger partial charge < -0.3 is 26.1 Å². The number of rotatable bonds is 4. The molecule has 6 N–H and O–H groups in total. The van der Waals surface area contributed by atoms with Crippen LogP contribution in [0.25, 0.3) is 0 Å². The Labute approximate surface area is 270 Å². The molecule has 0 amide bonds. The molecule has 0 heterocycles. The monoisotopic (exact) mass is 590 g/mol. The maximum Gasteiger partial charge on any atom is 1.00 e. The largest absolute Gasteiger partial charge is 1.00 e. The minimum atomic E-state index is -5.10. The van der Waals surface area contributed by atoms with Gasteiger partial charge in [-0.15, -0.1) is 7.26 Å². The molecule has 0 aromatic carbocycles. The van der Waals surface area contributed by atoms with Gasteiger partial charge in [-0.05, 0) is 0 Å². The van der Waals surface area contributed by atoms with Gasteiger partial charge in [0.05, 0.1) is 0 Å². The van der Waals surface area contributed by atoms with Crippen molar-refractivity contribution in [2.24, 2.45) is 0 Å². The maximum atomic E-state index is 10.1. The van der Waals surface area contributed by atoms with E-state index in [-0.39, 0.29) is 163 Å². The van der Waals surface area contributed by atoms with Crippen LogP contribution in [0, 0.1) is 0 Å². The van der Waals surface area contributed by atoms with Crippen LogP contribution in [0.5, 0.6) is 0 Å². The molecule has 0 saturated carbocycles. The van der Waals surface area contributed by atoms with E-state index in [1.165, 1.54) is 0 Å². The molecule has 0 aliphatic carbocycles. The molecule has 0 spiro atoms. The van der Waals surface area contributed by atoms with Gasteiger partial charge in [0.2, 0.25) is 0 Å². The quantitative estimate of drug-likeness (QED) is 0.131. The zero-order valence-corrected chi connectivity index (χ0v) is 30.4. The standard InChI is InChI=1S/2CH2O3.4Na.H2O9S3.2Zn.4H/c2*2-1(3)4;;;;;1-10(8-11(2,3)4)9-12(5,6)7;;;;;;/h2*(H2,2,3,4);;;;;(H,2,3,4)(H,5,6,7);;;;;;/q;;4*+1;;;;4*-1. The van der Waals surface area contributed by atoms with E-state index in [0.29, 0.717) is 0 Å². The Hall–Kier alpha value is 3.68. The molecule has 0 aliphatic heterocycles. The van der Waals surface area contributed by atoms with Gasteiger partial charge in [0.15, 0.2) is 0 Å². The van der Waals surface area contributed by atoms with E-state index in [9.17, 15) is 21.0 Å². The fourth-order valence-electron chi connectivity index (χ4n) is 0.152. The summed E-state index contributed by atoms with van der Waals surface area (Å²) in [6, 6.07) is 0. The molecule has 0 aromatic heterocycles. The fraction of sp³-hybridized carbons (Fsp3) is 0. The molecule has 0 bridgehead atoms. The van der Waals surface area contributed by atoms with Gasteiger partial charge in [0, 0.05) is 39.0 Å². The van der Waals surface area contributed by atoms with Gasteiger partial charge in [0.1, 0.15) is 0 Å². The third kappa shape index (κ3) is 105. The van der Waals surface area contributed by atoms with Crippen LogP contribution in [0.4, 0.5) is 9.59 Å². The van der Waals surface area contributed by atoms with E-state index in [1.807, 2.05) is 0 Å². The second-order valence-electron chi connectivity index (χ2n) is 1.76. The molecule has 24 heteroatoms. The Morgan fingerprint density at radius 2 is 0.808 bits per heavy atom. The van der Waals surface area contributed by atoms with Gasteiger partial charge in [-0.3, -0.25) is 9.11 Å². The average molecular weight is 593 g/mol. The van der Waals surface area contributed by atoms with Crippen molar-refractivity contribution in [3.63, 3.8) is 0 Å². The maximum absolute atomic E-state index is 10.1. The predicted molar refractivity (Wildman–Crippen MR) is 59.2 cm³/mol. The first-order valence-corrected chi connectivity index (χ1v) is 6.90. The topological polar surface area (TPSA) is 259 Å². The zero-order valence-electron chi connectivity index (χ0n) is 18.0. The second-order valence-corrected chi connectivity index (χ2v) is 4.97. The third-order valence-corrected chi connectivity index (χ3v) is 2.55. The summed E-state index contributed by atoms with van der Waals surface area (Å²) < 4.78 is 70.6. The summed E-state index contributed by atoms with van der Waals surface area (Å²) in [5, 5.41) is 27.9. The smallest absolute Gasteiger partial charge is 1.00 e. The van der Waals surface area contributed by atoms with E-state index in [2.05, 4.69) is 7.26 Å². The summed E-state index contributed by atoms with van der Waals surface area (Å²) in [4.78, 5) is 17.1. The van der Waals surface area contributed by atoms with Crippen LogP contribution in [0.3, 0.4) is 0 Å². The first-order chi connectivity index (χ1) is 8.57. The molecule has 0 rings (SSSR count). The first-order valence-electron chi connectivity index (χ1n) is 3.17. The van der Waals surface area contributed by atoms with E-state index in [1.54, 1.807) is 0 Å². The van der Waals surface area contributed by atoms with Gasteiger partial charge >= 0.3 is 163 Å². The number of carboxylic acid groups (broad SMARTS) is 4. The summed E-state index contributed by atoms with van der Waals surface area (Å²) in [5.74, 6) is 0. The number of carbonyl (C=O) groups is 2. The van der Waals surface area contributed by atoms with Crippen molar-refractivity contribution < 1.29 is 230 Å². The second kappa shape index (κ2) is 30.9. The van der Waals surface area contributed by atoms with Gasteiger partial charge in [0.25, 0.3) is 0 Å². The Bertz CT molecular complexity index is 508. The minimum absolute atomic E-state index is 0. The van der Waals surface area contributed by atoms with E-state index in [4.69, 9.17) is 39.1 Å². The minimum Gasteiger partial charge on any atom is -1.00 e. The van der Waals surface area contributed by atoms with Crippen molar-refractivity contribution in [2.45, 2.75) is 0 Å². The number of hydrogen-bond acceptors (Lipinski definition) is 9. The molecular weight excluding hydrogens is 583 g/mol. The molecule has 0 unspecified atom stereocenters. The fourth-order valence-corrected chi connectivity index (χ4v) is 1.57. The average Bonchev–Trinajstić information content (AvgIpc) is 1.90. The summed E-state index contributed by atoms with van der Waals surface area (Å²) in [6.07, 6.45) is -3.67. The predicted octanol–water partition coefficient (Wildman–Crippen LogP) is -12.9. The molecule has 26 heavy (non-hydrogen) atoms. The van der Waals surface area contributed by atoms with E-state index >= 15 is 0 Å². The third-order valence-electron chi connectivity index (χ3n) is 0.283. The van der Waals surface area contributed by atoms with Crippen LogP contribution in [-0.4, -0.2) is 62.9 Å². The summed E-state index contributed by atoms with van der Waals surface area (Å²) in [6.45, 7) is 0. The van der Waals surface area contributed by atoms with Crippen LogP contribution in [-0.2, 0) is 78.4 Å². The van der Waals surface area contributed by atoms with Crippen LogP contribution < -0.4 is 118 Å². The Balaban J connectivity index is -0.0000000130. The van der Waals surface area contributed by atoms with Crippen molar-refractivity contribution in [1.29, 1.82) is 0 Å². The van der Waals surface area contributed by atoms with Crippen molar-refractivity contribution in [1.82, 2.24) is 0 Å². The molecular formula is C2H10Na4O15S3Zn2. The van der Waals surface area contributed by atoms with Crippen molar-refractivity contribution in [2.75, 3.05) is 0 Å². The van der Waals surface area contributed by atoms with Crippen LogP contribution in [0.1, 0.15) is 5.71 Å². The van der Waals surface area contributed by atoms with Crippen molar-refractivity contribution in [3.05, 3.63) is 0 Å². The molecule has 0 aromatic rings. The molecule has 0 atom stereocenters. The van der Waals surface area contributed by atoms with Crippen LogP contribution >= 0.6 is 0 Å². The number of hydrogen-bond donors (Lipinski definition) is 6. The van der Waals surface area contributed by atoms with Crippen molar-refractivity contribution in [3.8, 4) is 0 Å². The molecule has 134 valence electrons. The summed E-state index contributed by atoms with van der Waals surface area (Å²) >= 11 is -3.33.